The van der Waals surface area contributed by atoms with Crippen LogP contribution in [-0.2, 0) is 16.1 Å². The molecule has 1 aromatic rings. The smallest absolute Gasteiger partial charge is 0.0744 e. The number of hydrogen-bond donors (Lipinski definition) is 1. The summed E-state index contributed by atoms with van der Waals surface area (Å²) in [5.41, 5.74) is 2.22. The fourth-order valence-corrected chi connectivity index (χ4v) is 1.83. The molecule has 1 atom stereocenters. The Kier molecular flexibility index (Phi) is 5.80. The topological polar surface area (TPSA) is 30.5 Å². The largest absolute Gasteiger partial charge is 0.382 e. The molecule has 0 bridgehead atoms. The van der Waals surface area contributed by atoms with Crippen LogP contribution in [0.2, 0.25) is 0 Å². The van der Waals surface area contributed by atoms with Gasteiger partial charge in [0, 0.05) is 36.5 Å². The first kappa shape index (κ1) is 13.5. The maximum Gasteiger partial charge on any atom is 0.0744 e. The van der Waals surface area contributed by atoms with Crippen molar-refractivity contribution in [2.45, 2.75) is 19.6 Å². The zero-order valence-corrected chi connectivity index (χ0v) is 11.5. The van der Waals surface area contributed by atoms with Gasteiger partial charge in [0.2, 0.25) is 0 Å². The highest BCUT2D eigenvalue weighted by Gasteiger charge is 2.07. The van der Waals surface area contributed by atoms with Crippen LogP contribution >= 0.6 is 15.9 Å². The Morgan fingerprint density at radius 1 is 1.38 bits per heavy atom. The number of methoxy groups -OCH3 is 2. The maximum atomic E-state index is 5.20. The molecule has 16 heavy (non-hydrogen) atoms. The average molecular weight is 288 g/mol. The standard InChI is InChI=1S/C12H18BrNO2/c1-9(16-3)7-14-12-6-4-5-11(13)10(12)8-15-2/h4-6,9,14H,7-8H2,1-3H3. The molecule has 0 amide bonds. The van der Waals surface area contributed by atoms with Gasteiger partial charge in [-0.15, -0.1) is 0 Å². The third-order valence-electron chi connectivity index (χ3n) is 2.39. The van der Waals surface area contributed by atoms with E-state index in [4.69, 9.17) is 9.47 Å². The highest BCUT2D eigenvalue weighted by atomic mass is 79.9. The van der Waals surface area contributed by atoms with Crippen LogP contribution in [0.25, 0.3) is 0 Å². The van der Waals surface area contributed by atoms with Gasteiger partial charge >= 0.3 is 0 Å². The molecule has 1 N–H and O–H groups in total. The SMILES string of the molecule is COCc1c(Br)cccc1NCC(C)OC. The predicted molar refractivity (Wildman–Crippen MR) is 69.8 cm³/mol. The van der Waals surface area contributed by atoms with E-state index in [0.717, 1.165) is 22.3 Å². The minimum absolute atomic E-state index is 0.189. The molecule has 0 spiro atoms. The zero-order valence-electron chi connectivity index (χ0n) is 9.92. The molecule has 0 aromatic heterocycles. The van der Waals surface area contributed by atoms with Crippen LogP contribution in [0, 0.1) is 0 Å². The molecule has 1 aromatic carbocycles. The quantitative estimate of drug-likeness (QED) is 0.872. The Labute approximate surface area is 105 Å². The van der Waals surface area contributed by atoms with Gasteiger partial charge in [-0.25, -0.2) is 0 Å². The van der Waals surface area contributed by atoms with Crippen LogP contribution in [0.3, 0.4) is 0 Å². The normalized spacial score (nSPS) is 12.5. The molecule has 1 rings (SSSR count). The lowest BCUT2D eigenvalue weighted by Gasteiger charge is -2.16. The van der Waals surface area contributed by atoms with Crippen molar-refractivity contribution in [1.29, 1.82) is 0 Å². The van der Waals surface area contributed by atoms with E-state index in [1.165, 1.54) is 0 Å². The fourth-order valence-electron chi connectivity index (χ4n) is 1.35. The van der Waals surface area contributed by atoms with E-state index in [2.05, 4.69) is 21.2 Å². The molecule has 4 heteroatoms. The highest BCUT2D eigenvalue weighted by molar-refractivity contribution is 9.10. The number of nitrogens with one attached hydrogen (secondary N) is 1. The summed E-state index contributed by atoms with van der Waals surface area (Å²) in [6.45, 7) is 3.40. The molecule has 0 fully saturated rings. The molecule has 90 valence electrons. The number of ether oxygens (including phenoxy) is 2. The summed E-state index contributed by atoms with van der Waals surface area (Å²) < 4.78 is 11.4. The number of halogens is 1. The van der Waals surface area contributed by atoms with Crippen molar-refractivity contribution in [2.75, 3.05) is 26.1 Å². The van der Waals surface area contributed by atoms with Gasteiger partial charge in [0.05, 0.1) is 12.7 Å². The zero-order chi connectivity index (χ0) is 12.0. The van der Waals surface area contributed by atoms with Crippen LogP contribution in [0.1, 0.15) is 12.5 Å². The Morgan fingerprint density at radius 2 is 2.12 bits per heavy atom. The maximum absolute atomic E-state index is 5.20. The van der Waals surface area contributed by atoms with Crippen molar-refractivity contribution >= 4 is 21.6 Å². The van der Waals surface area contributed by atoms with Gasteiger partial charge < -0.3 is 14.8 Å². The molecule has 0 heterocycles. The van der Waals surface area contributed by atoms with Crippen molar-refractivity contribution in [2.24, 2.45) is 0 Å². The van der Waals surface area contributed by atoms with Crippen molar-refractivity contribution in [1.82, 2.24) is 0 Å². The van der Waals surface area contributed by atoms with E-state index in [1.807, 2.05) is 25.1 Å². The number of hydrogen-bond acceptors (Lipinski definition) is 3. The summed E-state index contributed by atoms with van der Waals surface area (Å²) in [5, 5.41) is 3.35. The van der Waals surface area contributed by atoms with Gasteiger partial charge in [-0.05, 0) is 19.1 Å². The molecule has 0 saturated carbocycles. The molecule has 0 aliphatic heterocycles. The Hall–Kier alpha value is -0.580. The van der Waals surface area contributed by atoms with Crippen molar-refractivity contribution < 1.29 is 9.47 Å². The minimum Gasteiger partial charge on any atom is -0.382 e. The summed E-state index contributed by atoms with van der Waals surface area (Å²) in [7, 11) is 3.41. The number of benzene rings is 1. The minimum atomic E-state index is 0.189. The molecule has 0 radical (unpaired) electrons. The summed E-state index contributed by atoms with van der Waals surface area (Å²) >= 11 is 3.52. The van der Waals surface area contributed by atoms with Gasteiger partial charge in [0.15, 0.2) is 0 Å². The first-order valence-electron chi connectivity index (χ1n) is 5.22. The predicted octanol–water partition coefficient (Wildman–Crippen LogP) is 3.04. The van der Waals surface area contributed by atoms with Gasteiger partial charge in [0.25, 0.3) is 0 Å². The molecule has 0 saturated heterocycles. The van der Waals surface area contributed by atoms with E-state index < -0.39 is 0 Å². The third-order valence-corrected chi connectivity index (χ3v) is 3.13. The summed E-state index contributed by atoms with van der Waals surface area (Å²) in [6, 6.07) is 6.06. The Bertz CT molecular complexity index is 331. The van der Waals surface area contributed by atoms with E-state index >= 15 is 0 Å². The second-order valence-electron chi connectivity index (χ2n) is 3.63. The monoisotopic (exact) mass is 287 g/mol. The summed E-state index contributed by atoms with van der Waals surface area (Å²) in [6.07, 6.45) is 0.189. The lowest BCUT2D eigenvalue weighted by atomic mass is 10.2. The van der Waals surface area contributed by atoms with Crippen LogP contribution in [-0.4, -0.2) is 26.9 Å². The van der Waals surface area contributed by atoms with Crippen LogP contribution < -0.4 is 5.32 Å². The Balaban J connectivity index is 2.74. The first-order valence-corrected chi connectivity index (χ1v) is 6.01. The first-order chi connectivity index (χ1) is 7.69. The van der Waals surface area contributed by atoms with Gasteiger partial charge in [-0.1, -0.05) is 22.0 Å². The van der Waals surface area contributed by atoms with Crippen molar-refractivity contribution in [3.05, 3.63) is 28.2 Å². The van der Waals surface area contributed by atoms with Crippen LogP contribution in [0.5, 0.6) is 0 Å². The lowest BCUT2D eigenvalue weighted by Crippen LogP contribution is -2.18. The summed E-state index contributed by atoms with van der Waals surface area (Å²) in [5.74, 6) is 0. The number of rotatable bonds is 6. The van der Waals surface area contributed by atoms with Gasteiger partial charge in [-0.3, -0.25) is 0 Å². The number of anilines is 1. The molecule has 3 nitrogen and oxygen atoms in total. The van der Waals surface area contributed by atoms with Crippen molar-refractivity contribution in [3.8, 4) is 0 Å². The van der Waals surface area contributed by atoms with Gasteiger partial charge in [0.1, 0.15) is 0 Å². The lowest BCUT2D eigenvalue weighted by molar-refractivity contribution is 0.128. The van der Waals surface area contributed by atoms with Crippen molar-refractivity contribution in [3.63, 3.8) is 0 Å². The van der Waals surface area contributed by atoms with Gasteiger partial charge in [-0.2, -0.15) is 0 Å². The fraction of sp³-hybridized carbons (Fsp3) is 0.500. The van der Waals surface area contributed by atoms with Crippen LogP contribution in [0.15, 0.2) is 22.7 Å². The van der Waals surface area contributed by atoms with E-state index in [-0.39, 0.29) is 6.10 Å². The highest BCUT2D eigenvalue weighted by Crippen LogP contribution is 2.25. The van der Waals surface area contributed by atoms with E-state index in [9.17, 15) is 0 Å². The third kappa shape index (κ3) is 3.77. The second kappa shape index (κ2) is 6.89. The molecular weight excluding hydrogens is 270 g/mol. The Morgan fingerprint density at radius 3 is 2.75 bits per heavy atom. The second-order valence-corrected chi connectivity index (χ2v) is 4.48. The molecular formula is C12H18BrNO2. The molecule has 0 aliphatic carbocycles. The summed E-state index contributed by atoms with van der Waals surface area (Å²) in [4.78, 5) is 0. The average Bonchev–Trinajstić information content (AvgIpc) is 2.29. The van der Waals surface area contributed by atoms with E-state index in [0.29, 0.717) is 6.61 Å². The van der Waals surface area contributed by atoms with E-state index in [1.54, 1.807) is 14.2 Å². The molecule has 0 aliphatic rings. The molecule has 1 unspecified atom stereocenters. The van der Waals surface area contributed by atoms with Crippen LogP contribution in [0.4, 0.5) is 5.69 Å².